The first-order valence-electron chi connectivity index (χ1n) is 6.44. The molecule has 0 heterocycles. The molecule has 1 aliphatic rings. The van der Waals surface area contributed by atoms with Gasteiger partial charge in [-0.25, -0.2) is 0 Å². The Balaban J connectivity index is 1.99. The quantitative estimate of drug-likeness (QED) is 0.926. The van der Waals surface area contributed by atoms with E-state index in [1.54, 1.807) is 19.2 Å². The van der Waals surface area contributed by atoms with Crippen LogP contribution in [0.25, 0.3) is 0 Å². The Kier molecular flexibility index (Phi) is 4.55. The predicted molar refractivity (Wildman–Crippen MR) is 66.7 cm³/mol. The van der Waals surface area contributed by atoms with Crippen LogP contribution in [0, 0.1) is 0 Å². The third kappa shape index (κ3) is 3.64. The van der Waals surface area contributed by atoms with E-state index in [0.717, 1.165) is 5.56 Å². The zero-order valence-electron chi connectivity index (χ0n) is 11.1. The van der Waals surface area contributed by atoms with Crippen LogP contribution in [0.5, 0.6) is 5.75 Å². The second kappa shape index (κ2) is 6.01. The summed E-state index contributed by atoms with van der Waals surface area (Å²) < 4.78 is 46.5. The molecule has 1 aromatic rings. The van der Waals surface area contributed by atoms with Gasteiger partial charge in [0.05, 0.1) is 26.2 Å². The molecule has 0 spiro atoms. The van der Waals surface area contributed by atoms with Gasteiger partial charge in [0.25, 0.3) is 0 Å². The molecule has 1 aromatic carbocycles. The van der Waals surface area contributed by atoms with E-state index in [-0.39, 0.29) is 0 Å². The zero-order chi connectivity index (χ0) is 14.8. The fourth-order valence-corrected chi connectivity index (χ4v) is 2.37. The number of hydrogen-bond donors (Lipinski definition) is 1. The van der Waals surface area contributed by atoms with Crippen molar-refractivity contribution >= 4 is 0 Å². The predicted octanol–water partition coefficient (Wildman–Crippen LogP) is 3.01. The number of ether oxygens (including phenoxy) is 2. The summed E-state index contributed by atoms with van der Waals surface area (Å²) in [5, 5.41) is 10.2. The molecule has 2 rings (SSSR count). The minimum absolute atomic E-state index is 0.420. The van der Waals surface area contributed by atoms with Crippen LogP contribution in [-0.4, -0.2) is 31.1 Å². The fourth-order valence-electron chi connectivity index (χ4n) is 2.37. The molecule has 2 unspecified atom stereocenters. The van der Waals surface area contributed by atoms with Crippen LogP contribution in [0.1, 0.15) is 30.1 Å². The maximum absolute atomic E-state index is 12.1. The van der Waals surface area contributed by atoms with Crippen LogP contribution >= 0.6 is 0 Å². The summed E-state index contributed by atoms with van der Waals surface area (Å²) in [7, 11) is 1.56. The van der Waals surface area contributed by atoms with Gasteiger partial charge in [-0.05, 0) is 36.1 Å². The second-order valence-corrected chi connectivity index (χ2v) is 4.82. The Morgan fingerprint density at radius 1 is 1.35 bits per heavy atom. The lowest BCUT2D eigenvalue weighted by atomic mass is 9.87. The van der Waals surface area contributed by atoms with Crippen molar-refractivity contribution in [2.45, 2.75) is 37.6 Å². The molecule has 0 fully saturated rings. The van der Waals surface area contributed by atoms with Crippen molar-refractivity contribution in [2.24, 2.45) is 0 Å². The van der Waals surface area contributed by atoms with Gasteiger partial charge >= 0.3 is 6.18 Å². The summed E-state index contributed by atoms with van der Waals surface area (Å²) in [5.41, 5.74) is 1.65. The van der Waals surface area contributed by atoms with Crippen LogP contribution in [0.4, 0.5) is 13.2 Å². The van der Waals surface area contributed by atoms with Gasteiger partial charge in [-0.1, -0.05) is 6.07 Å². The van der Waals surface area contributed by atoms with Gasteiger partial charge in [0.1, 0.15) is 11.9 Å². The summed E-state index contributed by atoms with van der Waals surface area (Å²) in [6.07, 6.45) is -5.55. The molecular weight excluding hydrogens is 273 g/mol. The van der Waals surface area contributed by atoms with Crippen LogP contribution in [-0.2, 0) is 11.2 Å². The highest BCUT2D eigenvalue weighted by Gasteiger charge is 2.31. The molecule has 1 N–H and O–H groups in total. The average Bonchev–Trinajstić information content (AvgIpc) is 2.39. The van der Waals surface area contributed by atoms with E-state index in [1.165, 1.54) is 0 Å². The van der Waals surface area contributed by atoms with Crippen LogP contribution < -0.4 is 4.74 Å². The number of alkyl halides is 3. The molecule has 3 nitrogen and oxygen atoms in total. The van der Waals surface area contributed by atoms with Gasteiger partial charge in [-0.2, -0.15) is 13.2 Å². The Bertz CT molecular complexity index is 459. The minimum Gasteiger partial charge on any atom is -0.497 e. The number of aliphatic hydroxyl groups excluding tert-OH is 1. The van der Waals surface area contributed by atoms with Crippen molar-refractivity contribution in [3.63, 3.8) is 0 Å². The first kappa shape index (κ1) is 15.1. The van der Waals surface area contributed by atoms with Crippen LogP contribution in [0.15, 0.2) is 18.2 Å². The Morgan fingerprint density at radius 2 is 2.10 bits per heavy atom. The van der Waals surface area contributed by atoms with E-state index >= 15 is 0 Å². The van der Waals surface area contributed by atoms with E-state index < -0.39 is 31.4 Å². The lowest BCUT2D eigenvalue weighted by Gasteiger charge is -2.30. The Labute approximate surface area is 115 Å². The van der Waals surface area contributed by atoms with E-state index in [1.807, 2.05) is 6.07 Å². The summed E-state index contributed by atoms with van der Waals surface area (Å²) in [5.74, 6) is 0.701. The maximum atomic E-state index is 12.1. The molecule has 0 saturated heterocycles. The van der Waals surface area contributed by atoms with Crippen molar-refractivity contribution in [3.8, 4) is 5.75 Å². The van der Waals surface area contributed by atoms with E-state index in [2.05, 4.69) is 0 Å². The zero-order valence-corrected chi connectivity index (χ0v) is 11.1. The first-order valence-corrected chi connectivity index (χ1v) is 6.44. The number of fused-ring (bicyclic) bond motifs is 1. The smallest absolute Gasteiger partial charge is 0.391 e. The molecule has 0 saturated carbocycles. The number of rotatable bonds is 4. The van der Waals surface area contributed by atoms with E-state index in [9.17, 15) is 18.3 Å². The van der Waals surface area contributed by atoms with Gasteiger partial charge in [0.15, 0.2) is 0 Å². The number of hydrogen-bond acceptors (Lipinski definition) is 3. The standard InChI is InChI=1S/C14H17F3O3/c1-19-10-3-4-11-9(8-10)2-5-12(13(11)18)20-7-6-14(15,16)17/h3-4,8,12-13,18H,2,5-7H2,1H3. The maximum Gasteiger partial charge on any atom is 0.391 e. The van der Waals surface area contributed by atoms with E-state index in [4.69, 9.17) is 9.47 Å². The molecule has 0 amide bonds. The molecule has 0 bridgehead atoms. The average molecular weight is 290 g/mol. The molecule has 0 aliphatic heterocycles. The Morgan fingerprint density at radius 3 is 2.75 bits per heavy atom. The lowest BCUT2D eigenvalue weighted by Crippen LogP contribution is -2.29. The minimum atomic E-state index is -4.23. The number of halogens is 3. The normalized spacial score (nSPS) is 22.4. The number of methoxy groups -OCH3 is 1. The SMILES string of the molecule is COc1ccc2c(c1)CCC(OCCC(F)(F)F)C2O. The molecular formula is C14H17F3O3. The van der Waals surface area contributed by atoms with Gasteiger partial charge in [0, 0.05) is 0 Å². The number of aliphatic hydroxyl groups is 1. The van der Waals surface area contributed by atoms with Crippen LogP contribution in [0.2, 0.25) is 0 Å². The first-order chi connectivity index (χ1) is 9.40. The van der Waals surface area contributed by atoms with Crippen molar-refractivity contribution in [1.29, 1.82) is 0 Å². The lowest BCUT2D eigenvalue weighted by molar-refractivity contribution is -0.155. The van der Waals surface area contributed by atoms with Gasteiger partial charge in [0.2, 0.25) is 0 Å². The van der Waals surface area contributed by atoms with Crippen molar-refractivity contribution in [1.82, 2.24) is 0 Å². The molecule has 20 heavy (non-hydrogen) atoms. The highest BCUT2D eigenvalue weighted by atomic mass is 19.4. The molecule has 0 radical (unpaired) electrons. The molecule has 112 valence electrons. The van der Waals surface area contributed by atoms with Crippen molar-refractivity contribution in [3.05, 3.63) is 29.3 Å². The largest absolute Gasteiger partial charge is 0.497 e. The molecule has 2 atom stereocenters. The van der Waals surface area contributed by atoms with Gasteiger partial charge in [-0.15, -0.1) is 0 Å². The van der Waals surface area contributed by atoms with Crippen molar-refractivity contribution in [2.75, 3.05) is 13.7 Å². The molecule has 6 heteroatoms. The fraction of sp³-hybridized carbons (Fsp3) is 0.571. The monoisotopic (exact) mass is 290 g/mol. The summed E-state index contributed by atoms with van der Waals surface area (Å²) in [6.45, 7) is -0.420. The van der Waals surface area contributed by atoms with Gasteiger partial charge < -0.3 is 14.6 Å². The topological polar surface area (TPSA) is 38.7 Å². The number of aryl methyl sites for hydroxylation is 1. The molecule has 1 aliphatic carbocycles. The second-order valence-electron chi connectivity index (χ2n) is 4.82. The number of benzene rings is 1. The van der Waals surface area contributed by atoms with Crippen molar-refractivity contribution < 1.29 is 27.8 Å². The third-order valence-corrected chi connectivity index (χ3v) is 3.44. The van der Waals surface area contributed by atoms with E-state index in [0.29, 0.717) is 24.2 Å². The molecule has 0 aromatic heterocycles. The summed E-state index contributed by atoms with van der Waals surface area (Å²) in [4.78, 5) is 0. The summed E-state index contributed by atoms with van der Waals surface area (Å²) >= 11 is 0. The summed E-state index contributed by atoms with van der Waals surface area (Å²) in [6, 6.07) is 5.29. The highest BCUT2D eigenvalue weighted by molar-refractivity contribution is 5.39. The Hall–Kier alpha value is -1.27. The van der Waals surface area contributed by atoms with Gasteiger partial charge in [-0.3, -0.25) is 0 Å². The third-order valence-electron chi connectivity index (χ3n) is 3.44. The van der Waals surface area contributed by atoms with Crippen LogP contribution in [0.3, 0.4) is 0 Å². The highest BCUT2D eigenvalue weighted by Crippen LogP contribution is 2.34.